The van der Waals surface area contributed by atoms with Crippen LogP contribution < -0.4 is 5.73 Å². The van der Waals surface area contributed by atoms with Crippen molar-refractivity contribution in [3.05, 3.63) is 35.6 Å². The summed E-state index contributed by atoms with van der Waals surface area (Å²) in [4.78, 5) is 2.25. The van der Waals surface area contributed by atoms with Gasteiger partial charge >= 0.3 is 0 Å². The van der Waals surface area contributed by atoms with Crippen LogP contribution >= 0.6 is 0 Å². The lowest BCUT2D eigenvalue weighted by Crippen LogP contribution is -2.38. The van der Waals surface area contributed by atoms with Crippen LogP contribution in [0.25, 0.3) is 0 Å². The number of nitrogens with two attached hydrogens (primary N) is 1. The molecule has 0 aliphatic rings. The molecule has 1 aromatic rings. The maximum absolute atomic E-state index is 12.8. The summed E-state index contributed by atoms with van der Waals surface area (Å²) < 4.78 is 12.8. The minimum Gasteiger partial charge on any atom is -0.323 e. The highest BCUT2D eigenvalue weighted by molar-refractivity contribution is 5.19. The first-order valence-electron chi connectivity index (χ1n) is 6.13. The second-order valence-electron chi connectivity index (χ2n) is 5.08. The van der Waals surface area contributed by atoms with Crippen LogP contribution in [0.4, 0.5) is 4.39 Å². The second kappa shape index (κ2) is 6.12. The summed E-state index contributed by atoms with van der Waals surface area (Å²) in [6, 6.07) is 6.85. The topological polar surface area (TPSA) is 29.3 Å². The maximum Gasteiger partial charge on any atom is 0.123 e. The first kappa shape index (κ1) is 14.1. The number of hydrogen-bond acceptors (Lipinski definition) is 2. The van der Waals surface area contributed by atoms with Gasteiger partial charge in [0, 0.05) is 18.6 Å². The zero-order chi connectivity index (χ0) is 13.0. The van der Waals surface area contributed by atoms with Crippen LogP contribution in [-0.2, 0) is 0 Å². The summed E-state index contributed by atoms with van der Waals surface area (Å²) in [6.07, 6.45) is 0. The highest BCUT2D eigenvalue weighted by Gasteiger charge is 2.16. The Hall–Kier alpha value is -0.930. The molecule has 3 heteroatoms. The molecule has 0 fully saturated rings. The van der Waals surface area contributed by atoms with Crippen LogP contribution in [-0.4, -0.2) is 24.5 Å². The number of hydrogen-bond donors (Lipinski definition) is 1. The predicted molar refractivity (Wildman–Crippen MR) is 70.3 cm³/mol. The molecule has 2 nitrogen and oxygen atoms in total. The van der Waals surface area contributed by atoms with Crippen molar-refractivity contribution in [1.29, 1.82) is 0 Å². The summed E-state index contributed by atoms with van der Waals surface area (Å²) >= 11 is 0. The smallest absolute Gasteiger partial charge is 0.123 e. The van der Waals surface area contributed by atoms with Gasteiger partial charge in [0.2, 0.25) is 0 Å². The van der Waals surface area contributed by atoms with E-state index in [1.54, 1.807) is 12.1 Å². The Bertz CT molecular complexity index is 335. The Morgan fingerprint density at radius 1 is 1.18 bits per heavy atom. The molecular formula is C14H23FN2. The van der Waals surface area contributed by atoms with Gasteiger partial charge in [-0.2, -0.15) is 0 Å². The third kappa shape index (κ3) is 4.10. The van der Waals surface area contributed by atoms with E-state index in [9.17, 15) is 4.39 Å². The van der Waals surface area contributed by atoms with Crippen LogP contribution in [0, 0.1) is 11.7 Å². The quantitative estimate of drug-likeness (QED) is 0.854. The first-order valence-corrected chi connectivity index (χ1v) is 6.13. The number of rotatable bonds is 5. The van der Waals surface area contributed by atoms with E-state index in [1.807, 2.05) is 0 Å². The number of nitrogens with zero attached hydrogens (tertiary/aromatic N) is 1. The molecule has 1 rings (SSSR count). The van der Waals surface area contributed by atoms with Gasteiger partial charge < -0.3 is 10.6 Å². The van der Waals surface area contributed by atoms with Crippen molar-refractivity contribution in [2.24, 2.45) is 11.7 Å². The molecule has 0 saturated carbocycles. The fraction of sp³-hybridized carbons (Fsp3) is 0.571. The molecule has 0 saturated heterocycles. The summed E-state index contributed by atoms with van der Waals surface area (Å²) in [5, 5.41) is 0. The number of likely N-dealkylation sites (N-methyl/N-ethyl adjacent to an activating group) is 1. The molecule has 96 valence electrons. The molecule has 2 atom stereocenters. The average Bonchev–Trinajstić information content (AvgIpc) is 2.28. The third-order valence-electron chi connectivity index (χ3n) is 3.44. The standard InChI is InChI=1S/C14H23FN2/c1-10(2)11(3)17(4)9-14(16)12-5-7-13(15)8-6-12/h5-8,10-11,14H,9,16H2,1-4H3. The highest BCUT2D eigenvalue weighted by Crippen LogP contribution is 2.15. The normalized spacial score (nSPS) is 15.3. The molecular weight excluding hydrogens is 215 g/mol. The van der Waals surface area contributed by atoms with Gasteiger partial charge in [-0.05, 0) is 37.6 Å². The van der Waals surface area contributed by atoms with Crippen molar-refractivity contribution < 1.29 is 4.39 Å². The molecule has 0 aromatic heterocycles. The molecule has 0 aliphatic heterocycles. The summed E-state index contributed by atoms with van der Waals surface area (Å²) in [5.74, 6) is 0.380. The Labute approximate surface area is 104 Å². The van der Waals surface area contributed by atoms with E-state index < -0.39 is 0 Å². The van der Waals surface area contributed by atoms with Crippen molar-refractivity contribution in [2.75, 3.05) is 13.6 Å². The van der Waals surface area contributed by atoms with Crippen molar-refractivity contribution in [1.82, 2.24) is 4.90 Å². The summed E-state index contributed by atoms with van der Waals surface area (Å²) in [7, 11) is 2.08. The van der Waals surface area contributed by atoms with E-state index in [1.165, 1.54) is 12.1 Å². The molecule has 0 radical (unpaired) electrons. The fourth-order valence-corrected chi connectivity index (χ4v) is 1.80. The third-order valence-corrected chi connectivity index (χ3v) is 3.44. The van der Waals surface area contributed by atoms with Gasteiger partial charge in [0.1, 0.15) is 5.82 Å². The lowest BCUT2D eigenvalue weighted by atomic mass is 10.0. The molecule has 0 aliphatic carbocycles. The Balaban J connectivity index is 2.60. The highest BCUT2D eigenvalue weighted by atomic mass is 19.1. The van der Waals surface area contributed by atoms with Crippen molar-refractivity contribution >= 4 is 0 Å². The van der Waals surface area contributed by atoms with Gasteiger partial charge in [-0.1, -0.05) is 26.0 Å². The van der Waals surface area contributed by atoms with E-state index in [0.29, 0.717) is 12.0 Å². The van der Waals surface area contributed by atoms with Crippen LogP contribution in [0.5, 0.6) is 0 Å². The molecule has 1 aromatic carbocycles. The summed E-state index contributed by atoms with van der Waals surface area (Å²) in [6.45, 7) is 7.38. The lowest BCUT2D eigenvalue weighted by Gasteiger charge is -2.30. The monoisotopic (exact) mass is 238 g/mol. The van der Waals surface area contributed by atoms with Gasteiger partial charge in [-0.3, -0.25) is 0 Å². The largest absolute Gasteiger partial charge is 0.323 e. The SMILES string of the molecule is CC(C)C(C)N(C)CC(N)c1ccc(F)cc1. The molecule has 17 heavy (non-hydrogen) atoms. The molecule has 0 bridgehead atoms. The van der Waals surface area contributed by atoms with Gasteiger partial charge in [-0.15, -0.1) is 0 Å². The van der Waals surface area contributed by atoms with Gasteiger partial charge in [-0.25, -0.2) is 4.39 Å². The molecule has 2 unspecified atom stereocenters. The minimum absolute atomic E-state index is 0.0678. The van der Waals surface area contributed by atoms with E-state index in [2.05, 4.69) is 32.7 Å². The van der Waals surface area contributed by atoms with Gasteiger partial charge in [0.15, 0.2) is 0 Å². The Morgan fingerprint density at radius 2 is 1.71 bits per heavy atom. The Kier molecular flexibility index (Phi) is 5.09. The van der Waals surface area contributed by atoms with Crippen LogP contribution in [0.1, 0.15) is 32.4 Å². The minimum atomic E-state index is -0.218. The second-order valence-corrected chi connectivity index (χ2v) is 5.08. The van der Waals surface area contributed by atoms with Gasteiger partial charge in [0.25, 0.3) is 0 Å². The van der Waals surface area contributed by atoms with E-state index in [0.717, 1.165) is 12.1 Å². The van der Waals surface area contributed by atoms with Gasteiger partial charge in [0.05, 0.1) is 0 Å². The zero-order valence-corrected chi connectivity index (χ0v) is 11.2. The van der Waals surface area contributed by atoms with Crippen molar-refractivity contribution in [2.45, 2.75) is 32.9 Å². The van der Waals surface area contributed by atoms with E-state index in [4.69, 9.17) is 5.73 Å². The average molecular weight is 238 g/mol. The van der Waals surface area contributed by atoms with E-state index in [-0.39, 0.29) is 11.9 Å². The van der Waals surface area contributed by atoms with Crippen molar-refractivity contribution in [3.63, 3.8) is 0 Å². The predicted octanol–water partition coefficient (Wildman–Crippen LogP) is 2.80. The fourth-order valence-electron chi connectivity index (χ4n) is 1.80. The summed E-state index contributed by atoms with van der Waals surface area (Å²) in [5.41, 5.74) is 7.10. The number of benzene rings is 1. The van der Waals surface area contributed by atoms with E-state index >= 15 is 0 Å². The molecule has 2 N–H and O–H groups in total. The molecule has 0 heterocycles. The lowest BCUT2D eigenvalue weighted by molar-refractivity contribution is 0.197. The molecule has 0 spiro atoms. The molecule has 0 amide bonds. The van der Waals surface area contributed by atoms with Crippen LogP contribution in [0.15, 0.2) is 24.3 Å². The maximum atomic E-state index is 12.8. The van der Waals surface area contributed by atoms with Crippen molar-refractivity contribution in [3.8, 4) is 0 Å². The zero-order valence-electron chi connectivity index (χ0n) is 11.2. The van der Waals surface area contributed by atoms with Crippen LogP contribution in [0.3, 0.4) is 0 Å². The van der Waals surface area contributed by atoms with Crippen LogP contribution in [0.2, 0.25) is 0 Å². The first-order chi connectivity index (χ1) is 7.91. The Morgan fingerprint density at radius 3 is 2.18 bits per heavy atom. The number of halogens is 1.